The molecule has 0 bridgehead atoms. The molecule has 3 heteroatoms. The third kappa shape index (κ3) is 3.39. The summed E-state index contributed by atoms with van der Waals surface area (Å²) in [7, 11) is 0. The van der Waals surface area contributed by atoms with Crippen molar-refractivity contribution in [1.29, 1.82) is 0 Å². The lowest BCUT2D eigenvalue weighted by molar-refractivity contribution is 0.882. The highest BCUT2D eigenvalue weighted by molar-refractivity contribution is 14.1. The number of aryl methyl sites for hydroxylation is 1. The molecule has 0 fully saturated rings. The van der Waals surface area contributed by atoms with Crippen molar-refractivity contribution in [3.8, 4) is 0 Å². The first-order valence-electron chi connectivity index (χ1n) is 5.84. The summed E-state index contributed by atoms with van der Waals surface area (Å²) in [5.41, 5.74) is 3.58. The number of halogens is 2. The van der Waals surface area contributed by atoms with Gasteiger partial charge in [0, 0.05) is 20.3 Å². The summed E-state index contributed by atoms with van der Waals surface area (Å²) in [6.07, 6.45) is 0. The molecule has 0 aliphatic carbocycles. The first kappa shape index (κ1) is 13.7. The molecule has 2 aromatic rings. The Hall–Kier alpha value is -0.740. The highest BCUT2D eigenvalue weighted by atomic mass is 127. The Morgan fingerprint density at radius 2 is 1.78 bits per heavy atom. The molecule has 0 aliphatic rings. The van der Waals surface area contributed by atoms with Crippen LogP contribution in [0.25, 0.3) is 0 Å². The maximum atomic E-state index is 5.96. The van der Waals surface area contributed by atoms with Gasteiger partial charge in [0.25, 0.3) is 0 Å². The van der Waals surface area contributed by atoms with Gasteiger partial charge < -0.3 is 5.32 Å². The summed E-state index contributed by atoms with van der Waals surface area (Å²) in [6.45, 7) is 4.23. The minimum absolute atomic E-state index is 0.280. The first-order valence-corrected chi connectivity index (χ1v) is 7.30. The molecule has 0 saturated heterocycles. The maximum Gasteiger partial charge on any atom is 0.0485 e. The molecule has 0 spiro atoms. The van der Waals surface area contributed by atoms with Crippen molar-refractivity contribution in [3.63, 3.8) is 0 Å². The van der Waals surface area contributed by atoms with E-state index in [2.05, 4.69) is 66.0 Å². The second-order valence-electron chi connectivity index (χ2n) is 4.38. The molecular formula is C15H15ClIN. The quantitative estimate of drug-likeness (QED) is 0.710. The van der Waals surface area contributed by atoms with E-state index in [1.807, 2.05) is 18.2 Å². The van der Waals surface area contributed by atoms with Gasteiger partial charge in [-0.15, -0.1) is 0 Å². The molecule has 94 valence electrons. The van der Waals surface area contributed by atoms with Gasteiger partial charge in [-0.1, -0.05) is 23.7 Å². The van der Waals surface area contributed by atoms with Gasteiger partial charge in [-0.05, 0) is 77.9 Å². The highest BCUT2D eigenvalue weighted by Gasteiger charge is 2.06. The van der Waals surface area contributed by atoms with E-state index >= 15 is 0 Å². The fourth-order valence-electron chi connectivity index (χ4n) is 1.86. The van der Waals surface area contributed by atoms with Gasteiger partial charge in [-0.2, -0.15) is 0 Å². The van der Waals surface area contributed by atoms with Gasteiger partial charge in [0.2, 0.25) is 0 Å². The summed E-state index contributed by atoms with van der Waals surface area (Å²) in [6, 6.07) is 14.8. The van der Waals surface area contributed by atoms with Gasteiger partial charge in [-0.3, -0.25) is 0 Å². The Kier molecular flexibility index (Phi) is 4.51. The molecule has 1 unspecified atom stereocenters. The molecule has 0 aromatic heterocycles. The van der Waals surface area contributed by atoms with Crippen LogP contribution in [0.5, 0.6) is 0 Å². The van der Waals surface area contributed by atoms with Crippen LogP contribution in [0.1, 0.15) is 24.1 Å². The molecule has 0 amide bonds. The number of hydrogen-bond donors (Lipinski definition) is 1. The Labute approximate surface area is 127 Å². The summed E-state index contributed by atoms with van der Waals surface area (Å²) >= 11 is 8.28. The topological polar surface area (TPSA) is 12.0 Å². The SMILES string of the molecule is Cc1cc(Cl)ccc1NC(C)c1ccc(I)cc1. The van der Waals surface area contributed by atoms with E-state index in [1.54, 1.807) is 0 Å². The van der Waals surface area contributed by atoms with Crippen LogP contribution in [0.3, 0.4) is 0 Å². The lowest BCUT2D eigenvalue weighted by atomic mass is 10.1. The van der Waals surface area contributed by atoms with E-state index in [0.717, 1.165) is 10.7 Å². The predicted octanol–water partition coefficient (Wildman–Crippen LogP) is 5.43. The Morgan fingerprint density at radius 1 is 1.11 bits per heavy atom. The Bertz CT molecular complexity index is 537. The zero-order chi connectivity index (χ0) is 13.1. The number of nitrogens with one attached hydrogen (secondary N) is 1. The van der Waals surface area contributed by atoms with Crippen LogP contribution in [-0.2, 0) is 0 Å². The monoisotopic (exact) mass is 371 g/mol. The largest absolute Gasteiger partial charge is 0.378 e. The van der Waals surface area contributed by atoms with Gasteiger partial charge >= 0.3 is 0 Å². The number of benzene rings is 2. The Balaban J connectivity index is 2.15. The summed E-state index contributed by atoms with van der Waals surface area (Å²) < 4.78 is 1.26. The first-order chi connectivity index (χ1) is 8.56. The average molecular weight is 372 g/mol. The molecule has 1 nitrogen and oxygen atoms in total. The lowest BCUT2D eigenvalue weighted by Crippen LogP contribution is -2.07. The van der Waals surface area contributed by atoms with Crippen LogP contribution in [0.4, 0.5) is 5.69 Å². The minimum atomic E-state index is 0.280. The second-order valence-corrected chi connectivity index (χ2v) is 6.06. The van der Waals surface area contributed by atoms with E-state index < -0.39 is 0 Å². The highest BCUT2D eigenvalue weighted by Crippen LogP contribution is 2.24. The molecule has 1 atom stereocenters. The van der Waals surface area contributed by atoms with E-state index in [4.69, 9.17) is 11.6 Å². The molecule has 0 saturated carbocycles. The third-order valence-corrected chi connectivity index (χ3v) is 3.88. The van der Waals surface area contributed by atoms with Crippen molar-refractivity contribution in [3.05, 3.63) is 62.2 Å². The van der Waals surface area contributed by atoms with E-state index in [1.165, 1.54) is 14.7 Å². The molecule has 2 rings (SSSR count). The van der Waals surface area contributed by atoms with Crippen molar-refractivity contribution < 1.29 is 0 Å². The molecule has 0 heterocycles. The fourth-order valence-corrected chi connectivity index (χ4v) is 2.44. The number of hydrogen-bond acceptors (Lipinski definition) is 1. The van der Waals surface area contributed by atoms with E-state index in [-0.39, 0.29) is 6.04 Å². The van der Waals surface area contributed by atoms with E-state index in [0.29, 0.717) is 0 Å². The Morgan fingerprint density at radius 3 is 2.39 bits per heavy atom. The summed E-state index contributed by atoms with van der Waals surface area (Å²) in [5.74, 6) is 0. The normalized spacial score (nSPS) is 12.2. The van der Waals surface area contributed by atoms with Gasteiger partial charge in [0.1, 0.15) is 0 Å². The second kappa shape index (κ2) is 5.93. The number of anilines is 1. The lowest BCUT2D eigenvalue weighted by Gasteiger charge is -2.17. The van der Waals surface area contributed by atoms with Crippen LogP contribution in [0, 0.1) is 10.5 Å². The molecular weight excluding hydrogens is 357 g/mol. The molecule has 2 aromatic carbocycles. The maximum absolute atomic E-state index is 5.96. The fraction of sp³-hybridized carbons (Fsp3) is 0.200. The molecule has 18 heavy (non-hydrogen) atoms. The minimum Gasteiger partial charge on any atom is -0.378 e. The standard InChI is InChI=1S/C15H15ClIN/c1-10-9-13(16)5-8-15(10)18-11(2)12-3-6-14(17)7-4-12/h3-9,11,18H,1-2H3. The summed E-state index contributed by atoms with van der Waals surface area (Å²) in [4.78, 5) is 0. The predicted molar refractivity (Wildman–Crippen MR) is 87.4 cm³/mol. The van der Waals surface area contributed by atoms with Crippen molar-refractivity contribution in [2.75, 3.05) is 5.32 Å². The van der Waals surface area contributed by atoms with Crippen LogP contribution >= 0.6 is 34.2 Å². The van der Waals surface area contributed by atoms with Gasteiger partial charge in [0.15, 0.2) is 0 Å². The zero-order valence-corrected chi connectivity index (χ0v) is 13.3. The molecule has 0 radical (unpaired) electrons. The van der Waals surface area contributed by atoms with Crippen LogP contribution in [0.15, 0.2) is 42.5 Å². The third-order valence-electron chi connectivity index (χ3n) is 2.93. The van der Waals surface area contributed by atoms with Crippen molar-refractivity contribution in [2.24, 2.45) is 0 Å². The van der Waals surface area contributed by atoms with E-state index in [9.17, 15) is 0 Å². The van der Waals surface area contributed by atoms with Crippen LogP contribution < -0.4 is 5.32 Å². The number of rotatable bonds is 3. The molecule has 0 aliphatic heterocycles. The van der Waals surface area contributed by atoms with Crippen LogP contribution in [-0.4, -0.2) is 0 Å². The van der Waals surface area contributed by atoms with Crippen molar-refractivity contribution in [1.82, 2.24) is 0 Å². The smallest absolute Gasteiger partial charge is 0.0485 e. The van der Waals surface area contributed by atoms with Crippen molar-refractivity contribution in [2.45, 2.75) is 19.9 Å². The average Bonchev–Trinajstić information content (AvgIpc) is 2.33. The molecule has 1 N–H and O–H groups in total. The summed E-state index contributed by atoms with van der Waals surface area (Å²) in [5, 5.41) is 4.29. The van der Waals surface area contributed by atoms with Crippen molar-refractivity contribution >= 4 is 39.9 Å². The zero-order valence-electron chi connectivity index (χ0n) is 10.4. The van der Waals surface area contributed by atoms with Gasteiger partial charge in [-0.25, -0.2) is 0 Å². The van der Waals surface area contributed by atoms with Crippen LogP contribution in [0.2, 0.25) is 5.02 Å². The van der Waals surface area contributed by atoms with Gasteiger partial charge in [0.05, 0.1) is 0 Å².